The molecule has 0 unspecified atom stereocenters. The lowest BCUT2D eigenvalue weighted by molar-refractivity contribution is -0.0511. The molecule has 0 bridgehead atoms. The van der Waals surface area contributed by atoms with Gasteiger partial charge in [-0.2, -0.15) is 8.78 Å². The Morgan fingerprint density at radius 2 is 1.89 bits per heavy atom. The van der Waals surface area contributed by atoms with Crippen LogP contribution in [0.25, 0.3) is 0 Å². The van der Waals surface area contributed by atoms with E-state index in [-0.39, 0.29) is 5.75 Å². The number of rotatable bonds is 5. The van der Waals surface area contributed by atoms with Crippen molar-refractivity contribution in [3.63, 3.8) is 0 Å². The van der Waals surface area contributed by atoms with Gasteiger partial charge in [0.2, 0.25) is 0 Å². The Hall–Kier alpha value is -1.52. The average Bonchev–Trinajstić information content (AvgIpc) is 2.39. The smallest absolute Gasteiger partial charge is 0.387 e. The zero-order valence-corrected chi connectivity index (χ0v) is 11.0. The van der Waals surface area contributed by atoms with Gasteiger partial charge in [-0.3, -0.25) is 0 Å². The largest absolute Gasteiger partial charge is 0.493 e. The van der Waals surface area contributed by atoms with Crippen LogP contribution >= 0.6 is 0 Å². The van der Waals surface area contributed by atoms with Gasteiger partial charge >= 0.3 is 6.61 Å². The third-order valence-corrected chi connectivity index (χ3v) is 3.36. The van der Waals surface area contributed by atoms with E-state index in [0.717, 1.165) is 18.5 Å². The summed E-state index contributed by atoms with van der Waals surface area (Å²) in [5.41, 5.74) is 0.795. The summed E-state index contributed by atoms with van der Waals surface area (Å²) >= 11 is 0. The van der Waals surface area contributed by atoms with Crippen LogP contribution < -0.4 is 14.8 Å². The summed E-state index contributed by atoms with van der Waals surface area (Å²) in [4.78, 5) is 0. The summed E-state index contributed by atoms with van der Waals surface area (Å²) in [6.45, 7) is -2.85. The van der Waals surface area contributed by atoms with E-state index in [0.29, 0.717) is 11.8 Å². The molecule has 5 heteroatoms. The van der Waals surface area contributed by atoms with Gasteiger partial charge in [0.05, 0.1) is 7.11 Å². The topological polar surface area (TPSA) is 30.5 Å². The molecule has 0 radical (unpaired) electrons. The molecule has 0 heterocycles. The predicted octanol–water partition coefficient (Wildman–Crippen LogP) is 4.04. The van der Waals surface area contributed by atoms with E-state index in [2.05, 4.69) is 10.1 Å². The van der Waals surface area contributed by atoms with E-state index in [1.54, 1.807) is 12.1 Å². The highest BCUT2D eigenvalue weighted by atomic mass is 19.3. The summed E-state index contributed by atoms with van der Waals surface area (Å²) in [5, 5.41) is 3.37. The lowest BCUT2D eigenvalue weighted by Crippen LogP contribution is -2.22. The lowest BCUT2D eigenvalue weighted by atomic mass is 9.95. The Morgan fingerprint density at radius 1 is 1.16 bits per heavy atom. The molecule has 3 nitrogen and oxygen atoms in total. The SMILES string of the molecule is COc1ccc(NC2CCCCC2)cc1OC(F)F. The van der Waals surface area contributed by atoms with Crippen LogP contribution in [-0.2, 0) is 0 Å². The van der Waals surface area contributed by atoms with Crippen molar-refractivity contribution < 1.29 is 18.3 Å². The fourth-order valence-electron chi connectivity index (χ4n) is 2.44. The number of hydrogen-bond acceptors (Lipinski definition) is 3. The summed E-state index contributed by atoms with van der Waals surface area (Å²) in [6.07, 6.45) is 5.96. The number of benzene rings is 1. The fraction of sp³-hybridized carbons (Fsp3) is 0.571. The first-order chi connectivity index (χ1) is 9.19. The van der Waals surface area contributed by atoms with Crippen LogP contribution in [0.5, 0.6) is 11.5 Å². The highest BCUT2D eigenvalue weighted by molar-refractivity contribution is 5.55. The molecule has 2 rings (SSSR count). The molecule has 1 aromatic rings. The van der Waals surface area contributed by atoms with Crippen LogP contribution in [-0.4, -0.2) is 19.8 Å². The van der Waals surface area contributed by atoms with Gasteiger partial charge in [-0.15, -0.1) is 0 Å². The summed E-state index contributed by atoms with van der Waals surface area (Å²) in [7, 11) is 1.43. The second kappa shape index (κ2) is 6.59. The first kappa shape index (κ1) is 13.9. The quantitative estimate of drug-likeness (QED) is 0.876. The molecule has 0 atom stereocenters. The standard InChI is InChI=1S/C14H19F2NO2/c1-18-12-8-7-11(9-13(12)19-14(15)16)17-10-5-3-2-4-6-10/h7-10,14,17H,2-6H2,1H3. The molecule has 0 aliphatic heterocycles. The highest BCUT2D eigenvalue weighted by Gasteiger charge is 2.15. The van der Waals surface area contributed by atoms with E-state index in [1.807, 2.05) is 6.07 Å². The van der Waals surface area contributed by atoms with Crippen molar-refractivity contribution >= 4 is 5.69 Å². The molecule has 0 aromatic heterocycles. The molecule has 1 N–H and O–H groups in total. The number of hydrogen-bond donors (Lipinski definition) is 1. The normalized spacial score (nSPS) is 16.4. The average molecular weight is 271 g/mol. The maximum Gasteiger partial charge on any atom is 0.387 e. The van der Waals surface area contributed by atoms with Crippen LogP contribution in [0, 0.1) is 0 Å². The van der Waals surface area contributed by atoms with Gasteiger partial charge in [-0.05, 0) is 25.0 Å². The number of ether oxygens (including phenoxy) is 2. The molecule has 0 amide bonds. The molecule has 0 saturated heterocycles. The van der Waals surface area contributed by atoms with Gasteiger partial charge in [0.25, 0.3) is 0 Å². The maximum absolute atomic E-state index is 12.3. The molecule has 1 aliphatic rings. The van der Waals surface area contributed by atoms with Crippen LogP contribution in [0.15, 0.2) is 18.2 Å². The minimum Gasteiger partial charge on any atom is -0.493 e. The molecule has 0 spiro atoms. The van der Waals surface area contributed by atoms with Crippen molar-refractivity contribution in [2.45, 2.75) is 44.8 Å². The second-order valence-electron chi connectivity index (χ2n) is 4.72. The summed E-state index contributed by atoms with van der Waals surface area (Å²) in [6, 6.07) is 5.45. The van der Waals surface area contributed by atoms with E-state index in [4.69, 9.17) is 4.74 Å². The Balaban J connectivity index is 2.07. The molecule has 1 aromatic carbocycles. The zero-order chi connectivity index (χ0) is 13.7. The van der Waals surface area contributed by atoms with Crippen molar-refractivity contribution in [2.75, 3.05) is 12.4 Å². The van der Waals surface area contributed by atoms with Crippen LogP contribution in [0.4, 0.5) is 14.5 Å². The minimum atomic E-state index is -2.85. The third kappa shape index (κ3) is 3.98. The first-order valence-corrected chi connectivity index (χ1v) is 6.58. The molecule has 1 saturated carbocycles. The Morgan fingerprint density at radius 3 is 2.53 bits per heavy atom. The van der Waals surface area contributed by atoms with E-state index >= 15 is 0 Å². The monoisotopic (exact) mass is 271 g/mol. The molecule has 106 valence electrons. The highest BCUT2D eigenvalue weighted by Crippen LogP contribution is 2.32. The zero-order valence-electron chi connectivity index (χ0n) is 11.0. The number of alkyl halides is 2. The summed E-state index contributed by atoms with van der Waals surface area (Å²) in [5.74, 6) is 0.382. The van der Waals surface area contributed by atoms with Gasteiger partial charge in [0, 0.05) is 17.8 Å². The van der Waals surface area contributed by atoms with Gasteiger partial charge in [0.1, 0.15) is 0 Å². The van der Waals surface area contributed by atoms with Crippen molar-refractivity contribution in [3.05, 3.63) is 18.2 Å². The minimum absolute atomic E-state index is 0.0679. The van der Waals surface area contributed by atoms with E-state index in [9.17, 15) is 8.78 Å². The van der Waals surface area contributed by atoms with Crippen molar-refractivity contribution in [3.8, 4) is 11.5 Å². The first-order valence-electron chi connectivity index (χ1n) is 6.58. The predicted molar refractivity (Wildman–Crippen MR) is 70.1 cm³/mol. The van der Waals surface area contributed by atoms with Crippen molar-refractivity contribution in [1.82, 2.24) is 0 Å². The Bertz CT molecular complexity index is 406. The van der Waals surface area contributed by atoms with Gasteiger partial charge in [-0.1, -0.05) is 19.3 Å². The second-order valence-corrected chi connectivity index (χ2v) is 4.72. The maximum atomic E-state index is 12.3. The van der Waals surface area contributed by atoms with E-state index in [1.165, 1.54) is 26.4 Å². The fourth-order valence-corrected chi connectivity index (χ4v) is 2.44. The van der Waals surface area contributed by atoms with Crippen molar-refractivity contribution in [2.24, 2.45) is 0 Å². The molecule has 1 fully saturated rings. The van der Waals surface area contributed by atoms with Crippen molar-refractivity contribution in [1.29, 1.82) is 0 Å². The molecular formula is C14H19F2NO2. The number of nitrogens with one attached hydrogen (secondary N) is 1. The van der Waals surface area contributed by atoms with Gasteiger partial charge in [-0.25, -0.2) is 0 Å². The van der Waals surface area contributed by atoms with Crippen LogP contribution in [0.2, 0.25) is 0 Å². The van der Waals surface area contributed by atoms with E-state index < -0.39 is 6.61 Å². The third-order valence-electron chi connectivity index (χ3n) is 3.36. The number of halogens is 2. The number of methoxy groups -OCH3 is 1. The van der Waals surface area contributed by atoms with Gasteiger partial charge < -0.3 is 14.8 Å². The Labute approximate surface area is 111 Å². The Kier molecular flexibility index (Phi) is 4.82. The van der Waals surface area contributed by atoms with Gasteiger partial charge in [0.15, 0.2) is 11.5 Å². The molecule has 19 heavy (non-hydrogen) atoms. The number of anilines is 1. The molecular weight excluding hydrogens is 252 g/mol. The molecule has 1 aliphatic carbocycles. The lowest BCUT2D eigenvalue weighted by Gasteiger charge is -2.24. The van der Waals surface area contributed by atoms with Crippen LogP contribution in [0.1, 0.15) is 32.1 Å². The van der Waals surface area contributed by atoms with Crippen LogP contribution in [0.3, 0.4) is 0 Å². The summed E-state index contributed by atoms with van der Waals surface area (Å²) < 4.78 is 34.1.